The summed E-state index contributed by atoms with van der Waals surface area (Å²) in [5.74, 6) is 4.36. The van der Waals surface area contributed by atoms with Gasteiger partial charge in [-0.05, 0) is 24.1 Å². The van der Waals surface area contributed by atoms with Crippen molar-refractivity contribution in [2.24, 2.45) is 5.73 Å². The Balaban J connectivity index is 2.45. The molecule has 0 bridgehead atoms. The van der Waals surface area contributed by atoms with Crippen LogP contribution in [-0.4, -0.2) is 10.9 Å². The number of amides is 1. The van der Waals surface area contributed by atoms with Gasteiger partial charge in [-0.25, -0.2) is 4.98 Å². The van der Waals surface area contributed by atoms with Gasteiger partial charge in [0, 0.05) is 5.56 Å². The predicted octanol–water partition coefficient (Wildman–Crippen LogP) is 1.13. The number of fused-ring (bicyclic) bond motifs is 1. The summed E-state index contributed by atoms with van der Waals surface area (Å²) in [5.41, 5.74) is 8.41. The fraction of sp³-hybridized carbons (Fsp3) is 0. The monoisotopic (exact) mass is 202 g/mol. The highest BCUT2D eigenvalue weighted by Gasteiger charge is 1.96. The van der Waals surface area contributed by atoms with Crippen molar-refractivity contribution in [1.82, 2.24) is 4.98 Å². The Morgan fingerprint density at radius 1 is 1.50 bits per heavy atom. The SMILES string of the molecule is NC(=O)C#Cc1ccc2ncsc2c1. The fourth-order valence-electron chi connectivity index (χ4n) is 1.07. The molecule has 1 aromatic heterocycles. The van der Waals surface area contributed by atoms with E-state index in [1.807, 2.05) is 18.2 Å². The van der Waals surface area contributed by atoms with Gasteiger partial charge in [0.15, 0.2) is 0 Å². The molecule has 0 radical (unpaired) electrons. The zero-order valence-corrected chi connectivity index (χ0v) is 7.97. The maximum absolute atomic E-state index is 10.4. The summed E-state index contributed by atoms with van der Waals surface area (Å²) >= 11 is 1.54. The first kappa shape index (κ1) is 8.73. The summed E-state index contributed by atoms with van der Waals surface area (Å²) in [7, 11) is 0. The molecule has 1 heterocycles. The van der Waals surface area contributed by atoms with Gasteiger partial charge in [0.2, 0.25) is 0 Å². The van der Waals surface area contributed by atoms with Crippen LogP contribution >= 0.6 is 11.3 Å². The van der Waals surface area contributed by atoms with E-state index < -0.39 is 5.91 Å². The number of carbonyl (C=O) groups excluding carboxylic acids is 1. The van der Waals surface area contributed by atoms with Gasteiger partial charge in [0.05, 0.1) is 15.7 Å². The minimum atomic E-state index is -0.616. The van der Waals surface area contributed by atoms with E-state index in [-0.39, 0.29) is 0 Å². The zero-order valence-electron chi connectivity index (χ0n) is 7.15. The molecule has 0 saturated carbocycles. The number of rotatable bonds is 0. The third-order valence-corrected chi connectivity index (χ3v) is 2.45. The van der Waals surface area contributed by atoms with Crippen LogP contribution in [0.4, 0.5) is 0 Å². The molecule has 14 heavy (non-hydrogen) atoms. The van der Waals surface area contributed by atoms with Crippen molar-refractivity contribution < 1.29 is 4.79 Å². The van der Waals surface area contributed by atoms with E-state index in [1.165, 1.54) is 0 Å². The minimum Gasteiger partial charge on any atom is -0.359 e. The van der Waals surface area contributed by atoms with E-state index in [9.17, 15) is 4.79 Å². The average molecular weight is 202 g/mol. The van der Waals surface area contributed by atoms with Gasteiger partial charge >= 0.3 is 0 Å². The predicted molar refractivity (Wildman–Crippen MR) is 55.7 cm³/mol. The summed E-state index contributed by atoms with van der Waals surface area (Å²) < 4.78 is 1.06. The molecule has 0 aliphatic rings. The standard InChI is InChI=1S/C10H6N2OS/c11-10(13)4-2-7-1-3-8-9(5-7)14-6-12-8/h1,3,5-6H,(H2,11,13). The maximum atomic E-state index is 10.4. The fourth-order valence-corrected chi connectivity index (χ4v) is 1.78. The molecular weight excluding hydrogens is 196 g/mol. The molecule has 0 aliphatic carbocycles. The second kappa shape index (κ2) is 3.48. The quantitative estimate of drug-likeness (QED) is 0.651. The van der Waals surface area contributed by atoms with Crippen molar-refractivity contribution in [1.29, 1.82) is 0 Å². The highest BCUT2D eigenvalue weighted by Crippen LogP contribution is 2.18. The van der Waals surface area contributed by atoms with Crippen LogP contribution in [0.15, 0.2) is 23.7 Å². The number of hydrogen-bond donors (Lipinski definition) is 1. The van der Waals surface area contributed by atoms with Gasteiger partial charge in [-0.15, -0.1) is 11.3 Å². The van der Waals surface area contributed by atoms with Crippen LogP contribution in [0.2, 0.25) is 0 Å². The van der Waals surface area contributed by atoms with Crippen molar-refractivity contribution in [2.45, 2.75) is 0 Å². The summed E-state index contributed by atoms with van der Waals surface area (Å²) in [5, 5.41) is 0. The van der Waals surface area contributed by atoms with E-state index in [0.717, 1.165) is 15.8 Å². The molecule has 0 aliphatic heterocycles. The third kappa shape index (κ3) is 1.73. The van der Waals surface area contributed by atoms with Crippen LogP contribution in [0.3, 0.4) is 0 Å². The Kier molecular flexibility index (Phi) is 2.17. The van der Waals surface area contributed by atoms with Crippen LogP contribution < -0.4 is 5.73 Å². The largest absolute Gasteiger partial charge is 0.359 e. The lowest BCUT2D eigenvalue weighted by Crippen LogP contribution is -2.06. The molecule has 0 spiro atoms. The Morgan fingerprint density at radius 3 is 3.14 bits per heavy atom. The number of hydrogen-bond acceptors (Lipinski definition) is 3. The molecule has 2 N–H and O–H groups in total. The molecule has 4 heteroatoms. The molecule has 0 saturated heterocycles. The van der Waals surface area contributed by atoms with E-state index in [1.54, 1.807) is 16.8 Å². The molecular formula is C10H6N2OS. The van der Waals surface area contributed by atoms with Crippen molar-refractivity contribution in [2.75, 3.05) is 0 Å². The summed E-state index contributed by atoms with van der Waals surface area (Å²) in [4.78, 5) is 14.6. The molecule has 0 unspecified atom stereocenters. The van der Waals surface area contributed by atoms with Gasteiger partial charge in [0.1, 0.15) is 0 Å². The van der Waals surface area contributed by atoms with E-state index >= 15 is 0 Å². The van der Waals surface area contributed by atoms with Gasteiger partial charge in [-0.2, -0.15) is 0 Å². The first-order chi connectivity index (χ1) is 6.75. The third-order valence-electron chi connectivity index (χ3n) is 1.66. The Morgan fingerprint density at radius 2 is 2.36 bits per heavy atom. The van der Waals surface area contributed by atoms with Gasteiger partial charge in [-0.3, -0.25) is 4.79 Å². The Hall–Kier alpha value is -1.86. The molecule has 2 aromatic rings. The molecule has 68 valence electrons. The van der Waals surface area contributed by atoms with Crippen LogP contribution in [0.5, 0.6) is 0 Å². The molecule has 0 atom stereocenters. The van der Waals surface area contributed by atoms with Gasteiger partial charge in [-0.1, -0.05) is 5.92 Å². The van der Waals surface area contributed by atoms with Crippen molar-refractivity contribution >= 4 is 27.5 Å². The van der Waals surface area contributed by atoms with E-state index in [2.05, 4.69) is 16.8 Å². The smallest absolute Gasteiger partial charge is 0.293 e. The van der Waals surface area contributed by atoms with Crippen molar-refractivity contribution in [3.63, 3.8) is 0 Å². The number of primary amides is 1. The average Bonchev–Trinajstić information content (AvgIpc) is 2.61. The Labute approximate surface area is 84.6 Å². The van der Waals surface area contributed by atoms with Gasteiger partial charge < -0.3 is 5.73 Å². The molecule has 2 rings (SSSR count). The number of carbonyl (C=O) groups is 1. The highest BCUT2D eigenvalue weighted by molar-refractivity contribution is 7.16. The maximum Gasteiger partial charge on any atom is 0.293 e. The second-order valence-electron chi connectivity index (χ2n) is 2.65. The Bertz CT molecular complexity index is 548. The second-order valence-corrected chi connectivity index (χ2v) is 3.54. The van der Waals surface area contributed by atoms with Crippen LogP contribution in [0.25, 0.3) is 10.2 Å². The normalized spacial score (nSPS) is 9.43. The van der Waals surface area contributed by atoms with Crippen LogP contribution in [0, 0.1) is 11.8 Å². The van der Waals surface area contributed by atoms with Gasteiger partial charge in [0.25, 0.3) is 5.91 Å². The first-order valence-electron chi connectivity index (χ1n) is 3.90. The molecule has 0 fully saturated rings. The molecule has 3 nitrogen and oxygen atoms in total. The highest BCUT2D eigenvalue weighted by atomic mass is 32.1. The summed E-state index contributed by atoms with van der Waals surface area (Å²) in [6.07, 6.45) is 0. The van der Waals surface area contributed by atoms with E-state index in [4.69, 9.17) is 5.73 Å². The van der Waals surface area contributed by atoms with E-state index in [0.29, 0.717) is 0 Å². The van der Waals surface area contributed by atoms with Crippen LogP contribution in [0.1, 0.15) is 5.56 Å². The summed E-state index contributed by atoms with van der Waals surface area (Å²) in [6, 6.07) is 5.58. The lowest BCUT2D eigenvalue weighted by Gasteiger charge is -1.89. The number of nitrogens with zero attached hydrogens (tertiary/aromatic N) is 1. The van der Waals surface area contributed by atoms with Crippen molar-refractivity contribution in [3.05, 3.63) is 29.3 Å². The molecule has 1 aromatic carbocycles. The first-order valence-corrected chi connectivity index (χ1v) is 4.78. The van der Waals surface area contributed by atoms with Crippen molar-refractivity contribution in [3.8, 4) is 11.8 Å². The number of thiazole rings is 1. The topological polar surface area (TPSA) is 56.0 Å². The number of benzene rings is 1. The minimum absolute atomic E-state index is 0.616. The molecule has 1 amide bonds. The number of aromatic nitrogens is 1. The zero-order chi connectivity index (χ0) is 9.97. The summed E-state index contributed by atoms with van der Waals surface area (Å²) in [6.45, 7) is 0. The van der Waals surface area contributed by atoms with Crippen LogP contribution in [-0.2, 0) is 4.79 Å². The lowest BCUT2D eigenvalue weighted by molar-refractivity contribution is -0.112. The lowest BCUT2D eigenvalue weighted by atomic mass is 10.2. The number of nitrogens with two attached hydrogens (primary N) is 1.